The Labute approximate surface area is 100 Å². The molecule has 92 valence electrons. The zero-order valence-electron chi connectivity index (χ0n) is 9.89. The molecule has 0 atom stereocenters. The standard InChI is InChI=1S/C13H17NO3/c1-2-7-13(17)8-14(9-13)12(16)10-3-5-11(15)6-4-10/h3-6,15,17H,2,7-9H2,1H3. The van der Waals surface area contributed by atoms with Crippen molar-refractivity contribution in [2.75, 3.05) is 13.1 Å². The number of phenolic OH excluding ortho intramolecular Hbond substituents is 1. The Kier molecular flexibility index (Phi) is 3.07. The lowest BCUT2D eigenvalue weighted by Crippen LogP contribution is -2.63. The molecular formula is C13H17NO3. The van der Waals surface area contributed by atoms with E-state index in [1.54, 1.807) is 17.0 Å². The van der Waals surface area contributed by atoms with Gasteiger partial charge in [-0.3, -0.25) is 4.79 Å². The number of carbonyl (C=O) groups is 1. The molecular weight excluding hydrogens is 218 g/mol. The van der Waals surface area contributed by atoms with Crippen LogP contribution in [0.15, 0.2) is 24.3 Å². The number of aliphatic hydroxyl groups is 1. The number of benzene rings is 1. The molecule has 2 N–H and O–H groups in total. The van der Waals surface area contributed by atoms with Crippen LogP contribution in [0.3, 0.4) is 0 Å². The van der Waals surface area contributed by atoms with Gasteiger partial charge in [-0.15, -0.1) is 0 Å². The highest BCUT2D eigenvalue weighted by Crippen LogP contribution is 2.27. The molecule has 0 aliphatic carbocycles. The van der Waals surface area contributed by atoms with Crippen LogP contribution in [0.4, 0.5) is 0 Å². The number of hydrogen-bond donors (Lipinski definition) is 2. The number of aromatic hydroxyl groups is 1. The lowest BCUT2D eigenvalue weighted by atomic mass is 9.89. The molecule has 1 aromatic carbocycles. The first-order valence-electron chi connectivity index (χ1n) is 5.85. The number of hydrogen-bond acceptors (Lipinski definition) is 3. The van der Waals surface area contributed by atoms with Gasteiger partial charge in [-0.2, -0.15) is 0 Å². The van der Waals surface area contributed by atoms with Gasteiger partial charge in [0.1, 0.15) is 5.75 Å². The maximum absolute atomic E-state index is 12.0. The monoisotopic (exact) mass is 235 g/mol. The van der Waals surface area contributed by atoms with E-state index < -0.39 is 5.60 Å². The topological polar surface area (TPSA) is 60.8 Å². The lowest BCUT2D eigenvalue weighted by molar-refractivity contribution is -0.0860. The van der Waals surface area contributed by atoms with E-state index in [1.165, 1.54) is 12.1 Å². The highest BCUT2D eigenvalue weighted by molar-refractivity contribution is 5.95. The molecule has 1 aliphatic heterocycles. The number of rotatable bonds is 3. The maximum atomic E-state index is 12.0. The summed E-state index contributed by atoms with van der Waals surface area (Å²) in [5, 5.41) is 19.1. The summed E-state index contributed by atoms with van der Waals surface area (Å²) in [6.45, 7) is 2.82. The van der Waals surface area contributed by atoms with Crippen LogP contribution in [0.5, 0.6) is 5.75 Å². The molecule has 0 saturated carbocycles. The highest BCUT2D eigenvalue weighted by atomic mass is 16.3. The molecule has 4 nitrogen and oxygen atoms in total. The summed E-state index contributed by atoms with van der Waals surface area (Å²) in [5.41, 5.74) is -0.150. The molecule has 1 aliphatic rings. The fraction of sp³-hybridized carbons (Fsp3) is 0.462. The van der Waals surface area contributed by atoms with Gasteiger partial charge in [-0.1, -0.05) is 13.3 Å². The quantitative estimate of drug-likeness (QED) is 0.832. The lowest BCUT2D eigenvalue weighted by Gasteiger charge is -2.46. The van der Waals surface area contributed by atoms with Crippen LogP contribution in [0, 0.1) is 0 Å². The van der Waals surface area contributed by atoms with E-state index >= 15 is 0 Å². The second kappa shape index (κ2) is 4.37. The third-order valence-corrected chi connectivity index (χ3v) is 3.09. The van der Waals surface area contributed by atoms with Crippen molar-refractivity contribution in [2.45, 2.75) is 25.4 Å². The minimum absolute atomic E-state index is 0.0919. The van der Waals surface area contributed by atoms with E-state index in [0.717, 1.165) is 12.8 Å². The van der Waals surface area contributed by atoms with Gasteiger partial charge >= 0.3 is 0 Å². The Morgan fingerprint density at radius 3 is 2.47 bits per heavy atom. The summed E-state index contributed by atoms with van der Waals surface area (Å²) in [4.78, 5) is 13.6. The predicted octanol–water partition coefficient (Wildman–Crippen LogP) is 1.38. The number of nitrogens with zero attached hydrogens (tertiary/aromatic N) is 1. The molecule has 1 fully saturated rings. The van der Waals surface area contributed by atoms with E-state index in [1.807, 2.05) is 6.92 Å². The summed E-state index contributed by atoms with van der Waals surface area (Å²) in [6, 6.07) is 6.17. The average molecular weight is 235 g/mol. The number of likely N-dealkylation sites (tertiary alicyclic amines) is 1. The van der Waals surface area contributed by atoms with E-state index in [4.69, 9.17) is 5.11 Å². The largest absolute Gasteiger partial charge is 0.508 e. The van der Waals surface area contributed by atoms with Crippen LogP contribution < -0.4 is 0 Å². The Morgan fingerprint density at radius 1 is 1.35 bits per heavy atom. The first kappa shape index (κ1) is 11.9. The summed E-state index contributed by atoms with van der Waals surface area (Å²) in [5.74, 6) is 0.0541. The third-order valence-electron chi connectivity index (χ3n) is 3.09. The van der Waals surface area contributed by atoms with Gasteiger partial charge in [0, 0.05) is 5.56 Å². The smallest absolute Gasteiger partial charge is 0.254 e. The van der Waals surface area contributed by atoms with Crippen LogP contribution in [0.2, 0.25) is 0 Å². The molecule has 4 heteroatoms. The number of amides is 1. The molecule has 1 aromatic rings. The minimum Gasteiger partial charge on any atom is -0.508 e. The molecule has 0 bridgehead atoms. The van der Waals surface area contributed by atoms with Gasteiger partial charge in [-0.05, 0) is 30.7 Å². The van der Waals surface area contributed by atoms with Crippen molar-refractivity contribution in [2.24, 2.45) is 0 Å². The molecule has 1 heterocycles. The van der Waals surface area contributed by atoms with Crippen molar-refractivity contribution in [3.8, 4) is 5.75 Å². The third kappa shape index (κ3) is 2.42. The van der Waals surface area contributed by atoms with Crippen molar-refractivity contribution in [1.82, 2.24) is 4.90 Å². The fourth-order valence-electron chi connectivity index (χ4n) is 2.22. The Bertz CT molecular complexity index is 407. The van der Waals surface area contributed by atoms with Crippen LogP contribution in [0.1, 0.15) is 30.1 Å². The Morgan fingerprint density at radius 2 is 1.94 bits per heavy atom. The molecule has 0 spiro atoms. The van der Waals surface area contributed by atoms with Gasteiger partial charge < -0.3 is 15.1 Å². The Balaban J connectivity index is 1.97. The van der Waals surface area contributed by atoms with Crippen molar-refractivity contribution in [1.29, 1.82) is 0 Å². The zero-order valence-corrected chi connectivity index (χ0v) is 9.89. The molecule has 0 radical (unpaired) electrons. The van der Waals surface area contributed by atoms with Gasteiger partial charge in [0.15, 0.2) is 0 Å². The summed E-state index contributed by atoms with van der Waals surface area (Å²) in [6.07, 6.45) is 1.64. The molecule has 17 heavy (non-hydrogen) atoms. The van der Waals surface area contributed by atoms with E-state index in [0.29, 0.717) is 18.7 Å². The van der Waals surface area contributed by atoms with E-state index in [9.17, 15) is 9.90 Å². The normalized spacial score (nSPS) is 17.6. The Hall–Kier alpha value is -1.55. The first-order valence-corrected chi connectivity index (χ1v) is 5.85. The summed E-state index contributed by atoms with van der Waals surface area (Å²) >= 11 is 0. The minimum atomic E-state index is -0.693. The molecule has 0 aromatic heterocycles. The highest BCUT2D eigenvalue weighted by Gasteiger charge is 2.42. The molecule has 2 rings (SSSR count). The van der Waals surface area contributed by atoms with Gasteiger partial charge in [0.25, 0.3) is 5.91 Å². The fourth-order valence-corrected chi connectivity index (χ4v) is 2.22. The number of β-amino-alcohol motifs (C(OH)–C–C–N with tert-alkyl or cyclic N) is 1. The van der Waals surface area contributed by atoms with Gasteiger partial charge in [0.2, 0.25) is 0 Å². The van der Waals surface area contributed by atoms with Crippen molar-refractivity contribution >= 4 is 5.91 Å². The van der Waals surface area contributed by atoms with Gasteiger partial charge in [0.05, 0.1) is 18.7 Å². The second-order valence-corrected chi connectivity index (χ2v) is 4.68. The predicted molar refractivity (Wildman–Crippen MR) is 63.9 cm³/mol. The SMILES string of the molecule is CCCC1(O)CN(C(=O)c2ccc(O)cc2)C1. The number of phenols is 1. The maximum Gasteiger partial charge on any atom is 0.254 e. The van der Waals surface area contributed by atoms with Gasteiger partial charge in [-0.25, -0.2) is 0 Å². The van der Waals surface area contributed by atoms with Crippen LogP contribution >= 0.6 is 0 Å². The molecule has 0 unspecified atom stereocenters. The average Bonchev–Trinajstić information content (AvgIpc) is 2.26. The van der Waals surface area contributed by atoms with E-state index in [-0.39, 0.29) is 11.7 Å². The number of carbonyl (C=O) groups excluding carboxylic acids is 1. The van der Waals surface area contributed by atoms with Crippen molar-refractivity contribution in [3.63, 3.8) is 0 Å². The second-order valence-electron chi connectivity index (χ2n) is 4.68. The molecule has 1 saturated heterocycles. The molecule has 1 amide bonds. The summed E-state index contributed by atoms with van der Waals surface area (Å²) in [7, 11) is 0. The van der Waals surface area contributed by atoms with Crippen molar-refractivity contribution < 1.29 is 15.0 Å². The van der Waals surface area contributed by atoms with E-state index in [2.05, 4.69) is 0 Å². The van der Waals surface area contributed by atoms with Crippen molar-refractivity contribution in [3.05, 3.63) is 29.8 Å². The van der Waals surface area contributed by atoms with Crippen LogP contribution in [-0.4, -0.2) is 39.7 Å². The zero-order chi connectivity index (χ0) is 12.5. The van der Waals surface area contributed by atoms with Crippen LogP contribution in [0.25, 0.3) is 0 Å². The first-order chi connectivity index (χ1) is 8.04. The summed E-state index contributed by atoms with van der Waals surface area (Å²) < 4.78 is 0. The van der Waals surface area contributed by atoms with Crippen LogP contribution in [-0.2, 0) is 0 Å².